The van der Waals surface area contributed by atoms with Crippen LogP contribution in [-0.2, 0) is 4.74 Å². The van der Waals surface area contributed by atoms with Gasteiger partial charge in [-0.15, -0.1) is 0 Å². The molecule has 7 heteroatoms. The Kier molecular flexibility index (Phi) is 5.43. The third-order valence-corrected chi connectivity index (χ3v) is 3.23. The minimum absolute atomic E-state index is 0.0749. The predicted octanol–water partition coefficient (Wildman–Crippen LogP) is 4.18. The van der Waals surface area contributed by atoms with Crippen molar-refractivity contribution in [1.82, 2.24) is 0 Å². The molecule has 0 aliphatic carbocycles. The van der Waals surface area contributed by atoms with Crippen molar-refractivity contribution in [3.05, 3.63) is 68.7 Å². The summed E-state index contributed by atoms with van der Waals surface area (Å²) >= 11 is 5.75. The van der Waals surface area contributed by atoms with Gasteiger partial charge in [0.2, 0.25) is 0 Å². The molecule has 0 saturated carbocycles. The highest BCUT2D eigenvalue weighted by Crippen LogP contribution is 2.24. The second-order valence-corrected chi connectivity index (χ2v) is 4.90. The third kappa shape index (κ3) is 4.37. The average molecular weight is 333 g/mol. The fourth-order valence-electron chi connectivity index (χ4n) is 1.80. The molecular weight excluding hydrogens is 320 g/mol. The predicted molar refractivity (Wildman–Crippen MR) is 87.8 cm³/mol. The molecule has 2 rings (SSSR count). The summed E-state index contributed by atoms with van der Waals surface area (Å²) in [4.78, 5) is 26.0. The van der Waals surface area contributed by atoms with Crippen LogP contribution in [0.2, 0.25) is 5.02 Å². The van der Waals surface area contributed by atoms with Crippen LogP contribution in [0.25, 0.3) is 0 Å². The van der Waals surface area contributed by atoms with E-state index in [-0.39, 0.29) is 10.7 Å². The summed E-state index contributed by atoms with van der Waals surface area (Å²) in [6.45, 7) is 2.05. The van der Waals surface area contributed by atoms with E-state index >= 15 is 0 Å². The molecule has 0 saturated heterocycles. The maximum atomic E-state index is 11.5. The minimum atomic E-state index is -0.548. The zero-order chi connectivity index (χ0) is 16.8. The van der Waals surface area contributed by atoms with E-state index < -0.39 is 10.9 Å². The van der Waals surface area contributed by atoms with Gasteiger partial charge in [-0.2, -0.15) is 0 Å². The van der Waals surface area contributed by atoms with Crippen molar-refractivity contribution in [3.8, 4) is 0 Å². The number of nitrogens with zero attached hydrogens (tertiary/aromatic N) is 2. The molecule has 0 spiro atoms. The second kappa shape index (κ2) is 7.51. The highest BCUT2D eigenvalue weighted by Gasteiger charge is 2.11. The van der Waals surface area contributed by atoms with E-state index in [1.165, 1.54) is 18.3 Å². The van der Waals surface area contributed by atoms with Crippen molar-refractivity contribution in [2.45, 2.75) is 6.92 Å². The SMILES string of the molecule is CCOC(=O)c1ccc(N=Cc2ccc(Cl)c([N+](=O)[O-])c2)cc1. The molecule has 0 aromatic heterocycles. The van der Waals surface area contributed by atoms with Crippen LogP contribution >= 0.6 is 11.6 Å². The molecule has 0 aliphatic rings. The first-order valence-electron chi connectivity index (χ1n) is 6.76. The van der Waals surface area contributed by atoms with Gasteiger partial charge in [-0.25, -0.2) is 4.79 Å². The molecule has 118 valence electrons. The molecule has 0 N–H and O–H groups in total. The molecule has 0 bridgehead atoms. The zero-order valence-corrected chi connectivity index (χ0v) is 13.0. The second-order valence-electron chi connectivity index (χ2n) is 4.49. The van der Waals surface area contributed by atoms with Crippen LogP contribution in [0.5, 0.6) is 0 Å². The lowest BCUT2D eigenvalue weighted by Crippen LogP contribution is -2.03. The van der Waals surface area contributed by atoms with Gasteiger partial charge in [0.1, 0.15) is 5.02 Å². The van der Waals surface area contributed by atoms with Crippen LogP contribution in [0, 0.1) is 10.1 Å². The fraction of sp³-hybridized carbons (Fsp3) is 0.125. The van der Waals surface area contributed by atoms with Crippen molar-refractivity contribution in [2.75, 3.05) is 6.61 Å². The number of carbonyl (C=O) groups excluding carboxylic acids is 1. The molecule has 0 amide bonds. The van der Waals surface area contributed by atoms with Crippen LogP contribution in [0.4, 0.5) is 11.4 Å². The summed E-state index contributed by atoms with van der Waals surface area (Å²) in [6.07, 6.45) is 1.49. The Labute approximate surface area is 137 Å². The molecule has 2 aromatic carbocycles. The summed E-state index contributed by atoms with van der Waals surface area (Å²) in [7, 11) is 0. The van der Waals surface area contributed by atoms with Crippen molar-refractivity contribution >= 4 is 35.2 Å². The van der Waals surface area contributed by atoms with E-state index in [1.807, 2.05) is 0 Å². The van der Waals surface area contributed by atoms with Crippen molar-refractivity contribution < 1.29 is 14.5 Å². The monoisotopic (exact) mass is 332 g/mol. The number of rotatable bonds is 5. The van der Waals surface area contributed by atoms with Gasteiger partial charge in [-0.05, 0) is 42.8 Å². The first kappa shape index (κ1) is 16.6. The lowest BCUT2D eigenvalue weighted by molar-refractivity contribution is -0.384. The number of halogens is 1. The molecule has 0 radical (unpaired) electrons. The van der Waals surface area contributed by atoms with Gasteiger partial charge in [-0.1, -0.05) is 17.7 Å². The van der Waals surface area contributed by atoms with Gasteiger partial charge in [0, 0.05) is 12.3 Å². The van der Waals surface area contributed by atoms with E-state index in [2.05, 4.69) is 4.99 Å². The van der Waals surface area contributed by atoms with E-state index in [9.17, 15) is 14.9 Å². The van der Waals surface area contributed by atoms with Crippen molar-refractivity contribution in [2.24, 2.45) is 4.99 Å². The highest BCUT2D eigenvalue weighted by atomic mass is 35.5. The van der Waals surface area contributed by atoms with Crippen molar-refractivity contribution in [3.63, 3.8) is 0 Å². The Hall–Kier alpha value is -2.73. The molecule has 23 heavy (non-hydrogen) atoms. The molecule has 0 fully saturated rings. The zero-order valence-electron chi connectivity index (χ0n) is 12.2. The van der Waals surface area contributed by atoms with E-state index in [4.69, 9.17) is 16.3 Å². The topological polar surface area (TPSA) is 81.8 Å². The first-order chi connectivity index (χ1) is 11.0. The Morgan fingerprint density at radius 2 is 2.00 bits per heavy atom. The Morgan fingerprint density at radius 3 is 2.61 bits per heavy atom. The van der Waals surface area contributed by atoms with Crippen LogP contribution in [0.3, 0.4) is 0 Å². The van der Waals surface area contributed by atoms with Crippen LogP contribution in [0.1, 0.15) is 22.8 Å². The molecule has 0 atom stereocenters. The van der Waals surface area contributed by atoms with Crippen LogP contribution < -0.4 is 0 Å². The highest BCUT2D eigenvalue weighted by molar-refractivity contribution is 6.32. The number of hydrogen-bond acceptors (Lipinski definition) is 5. The molecular formula is C16H13ClN2O4. The maximum absolute atomic E-state index is 11.5. The lowest BCUT2D eigenvalue weighted by atomic mass is 10.2. The van der Waals surface area contributed by atoms with Gasteiger partial charge in [-0.3, -0.25) is 15.1 Å². The van der Waals surface area contributed by atoms with Gasteiger partial charge in [0.05, 0.1) is 22.8 Å². The number of carbonyl (C=O) groups is 1. The fourth-order valence-corrected chi connectivity index (χ4v) is 1.98. The normalized spacial score (nSPS) is 10.7. The van der Waals surface area contributed by atoms with Crippen LogP contribution in [0.15, 0.2) is 47.5 Å². The number of aliphatic imine (C=N–C) groups is 1. The number of hydrogen-bond donors (Lipinski definition) is 0. The largest absolute Gasteiger partial charge is 0.462 e. The van der Waals surface area contributed by atoms with Gasteiger partial charge in [0.15, 0.2) is 0 Å². The molecule has 2 aromatic rings. The van der Waals surface area contributed by atoms with Gasteiger partial charge in [0.25, 0.3) is 5.69 Å². The maximum Gasteiger partial charge on any atom is 0.338 e. The lowest BCUT2D eigenvalue weighted by Gasteiger charge is -2.01. The Balaban J connectivity index is 2.16. The Morgan fingerprint density at radius 1 is 1.30 bits per heavy atom. The van der Waals surface area contributed by atoms with Crippen molar-refractivity contribution in [1.29, 1.82) is 0 Å². The van der Waals surface area contributed by atoms with Gasteiger partial charge < -0.3 is 4.74 Å². The molecule has 0 unspecified atom stereocenters. The Bertz CT molecular complexity index is 757. The van der Waals surface area contributed by atoms with E-state index in [0.29, 0.717) is 23.4 Å². The van der Waals surface area contributed by atoms with E-state index in [0.717, 1.165) is 0 Å². The summed E-state index contributed by atoms with van der Waals surface area (Å²) < 4.78 is 4.89. The minimum Gasteiger partial charge on any atom is -0.462 e. The number of nitro groups is 1. The number of benzene rings is 2. The average Bonchev–Trinajstić information content (AvgIpc) is 2.54. The molecule has 0 aliphatic heterocycles. The van der Waals surface area contributed by atoms with Crippen LogP contribution in [-0.4, -0.2) is 23.7 Å². The number of esters is 1. The molecule has 0 heterocycles. The first-order valence-corrected chi connectivity index (χ1v) is 7.14. The smallest absolute Gasteiger partial charge is 0.338 e. The third-order valence-electron chi connectivity index (χ3n) is 2.91. The summed E-state index contributed by atoms with van der Waals surface area (Å²) in [5.41, 5.74) is 1.42. The summed E-state index contributed by atoms with van der Waals surface area (Å²) in [6, 6.07) is 11.0. The van der Waals surface area contributed by atoms with E-state index in [1.54, 1.807) is 37.3 Å². The quantitative estimate of drug-likeness (QED) is 0.356. The number of ether oxygens (including phenoxy) is 1. The molecule has 6 nitrogen and oxygen atoms in total. The standard InChI is InChI=1S/C16H13ClN2O4/c1-2-23-16(20)12-4-6-13(7-5-12)18-10-11-3-8-14(17)15(9-11)19(21)22/h3-10H,2H2,1H3. The van der Waals surface area contributed by atoms with Gasteiger partial charge >= 0.3 is 5.97 Å². The summed E-state index contributed by atoms with van der Waals surface area (Å²) in [5, 5.41) is 10.9. The summed E-state index contributed by atoms with van der Waals surface area (Å²) in [5.74, 6) is -0.392. The number of nitro benzene ring substituents is 1.